The summed E-state index contributed by atoms with van der Waals surface area (Å²) in [4.78, 5) is 39.0. The number of nitro benzene ring substituents is 1. The van der Waals surface area contributed by atoms with E-state index in [0.717, 1.165) is 15.2 Å². The Kier molecular flexibility index (Phi) is 4.85. The third-order valence-corrected chi connectivity index (χ3v) is 5.36. The molecular formula is C19H16N4O5S. The van der Waals surface area contributed by atoms with Gasteiger partial charge in [-0.1, -0.05) is 0 Å². The third-order valence-electron chi connectivity index (χ3n) is 4.43. The number of aryl methyl sites for hydroxylation is 2. The van der Waals surface area contributed by atoms with Gasteiger partial charge in [-0.05, 0) is 37.6 Å². The highest BCUT2D eigenvalue weighted by Crippen LogP contribution is 2.25. The Morgan fingerprint density at radius 3 is 2.93 bits per heavy atom. The van der Waals surface area contributed by atoms with Crippen LogP contribution in [0.1, 0.15) is 17.8 Å². The number of nitro groups is 1. The smallest absolute Gasteiger partial charge is 0.407 e. The molecule has 0 aliphatic heterocycles. The number of nitrogens with zero attached hydrogens (tertiary/aromatic N) is 3. The standard InChI is InChI=1S/C19H16N4O5S/c1-11-20-14-6-4-12(9-17(14)29-11)21-18(24)3-2-8-22-15-7-5-13(23(26)27)10-16(15)28-19(22)25/h4-7,9-10H,2-3,8H2,1H3,(H,21,24). The number of thiazole rings is 1. The molecule has 29 heavy (non-hydrogen) atoms. The number of nitrogens with one attached hydrogen (secondary N) is 1. The Morgan fingerprint density at radius 1 is 1.31 bits per heavy atom. The fraction of sp³-hybridized carbons (Fsp3) is 0.211. The van der Waals surface area contributed by atoms with Crippen LogP contribution in [0.3, 0.4) is 0 Å². The minimum atomic E-state index is -0.605. The summed E-state index contributed by atoms with van der Waals surface area (Å²) in [7, 11) is 0. The van der Waals surface area contributed by atoms with Crippen molar-refractivity contribution in [2.45, 2.75) is 26.3 Å². The van der Waals surface area contributed by atoms with Crippen LogP contribution in [-0.2, 0) is 11.3 Å². The van der Waals surface area contributed by atoms with E-state index in [1.165, 1.54) is 22.8 Å². The molecule has 0 aliphatic carbocycles. The van der Waals surface area contributed by atoms with Gasteiger partial charge in [0, 0.05) is 24.7 Å². The zero-order chi connectivity index (χ0) is 20.5. The van der Waals surface area contributed by atoms with Gasteiger partial charge in [-0.25, -0.2) is 9.78 Å². The molecule has 4 rings (SSSR count). The Bertz CT molecular complexity index is 1300. The zero-order valence-corrected chi connectivity index (χ0v) is 16.2. The highest BCUT2D eigenvalue weighted by molar-refractivity contribution is 7.18. The molecular weight excluding hydrogens is 396 g/mol. The van der Waals surface area contributed by atoms with Crippen LogP contribution in [0.2, 0.25) is 0 Å². The topological polar surface area (TPSA) is 120 Å². The molecule has 0 bridgehead atoms. The van der Waals surface area contributed by atoms with Gasteiger partial charge in [0.2, 0.25) is 5.91 Å². The van der Waals surface area contributed by atoms with E-state index >= 15 is 0 Å². The molecule has 2 aromatic heterocycles. The summed E-state index contributed by atoms with van der Waals surface area (Å²) < 4.78 is 7.46. The molecule has 0 atom stereocenters. The zero-order valence-electron chi connectivity index (χ0n) is 15.4. The van der Waals surface area contributed by atoms with Gasteiger partial charge >= 0.3 is 5.76 Å². The van der Waals surface area contributed by atoms with Crippen LogP contribution >= 0.6 is 11.3 Å². The van der Waals surface area contributed by atoms with Crippen LogP contribution in [-0.4, -0.2) is 20.4 Å². The lowest BCUT2D eigenvalue weighted by atomic mass is 10.2. The maximum atomic E-state index is 12.2. The van der Waals surface area contributed by atoms with Gasteiger partial charge in [0.25, 0.3) is 5.69 Å². The van der Waals surface area contributed by atoms with Crippen molar-refractivity contribution in [3.8, 4) is 0 Å². The van der Waals surface area contributed by atoms with Gasteiger partial charge in [0.15, 0.2) is 5.58 Å². The first-order valence-corrected chi connectivity index (χ1v) is 9.67. The molecule has 0 radical (unpaired) electrons. The summed E-state index contributed by atoms with van der Waals surface area (Å²) in [6.07, 6.45) is 0.630. The van der Waals surface area contributed by atoms with Crippen molar-refractivity contribution >= 4 is 49.9 Å². The number of rotatable bonds is 6. The molecule has 1 N–H and O–H groups in total. The monoisotopic (exact) mass is 412 g/mol. The number of oxazole rings is 1. The van der Waals surface area contributed by atoms with Gasteiger partial charge in [-0.2, -0.15) is 0 Å². The van der Waals surface area contributed by atoms with Crippen LogP contribution in [0, 0.1) is 17.0 Å². The van der Waals surface area contributed by atoms with E-state index in [4.69, 9.17) is 4.42 Å². The number of carbonyl (C=O) groups is 1. The predicted octanol–water partition coefficient (Wildman–Crippen LogP) is 3.84. The number of amides is 1. The van der Waals surface area contributed by atoms with E-state index in [1.54, 1.807) is 17.4 Å². The molecule has 2 aromatic carbocycles. The molecule has 0 unspecified atom stereocenters. The van der Waals surface area contributed by atoms with E-state index in [-0.39, 0.29) is 30.1 Å². The summed E-state index contributed by atoms with van der Waals surface area (Å²) >= 11 is 1.56. The number of fused-ring (bicyclic) bond motifs is 2. The molecule has 9 nitrogen and oxygen atoms in total. The van der Waals surface area contributed by atoms with Gasteiger partial charge in [0.05, 0.1) is 31.7 Å². The first-order valence-electron chi connectivity index (χ1n) is 8.85. The van der Waals surface area contributed by atoms with Gasteiger partial charge in [-0.15, -0.1) is 11.3 Å². The molecule has 2 heterocycles. The van der Waals surface area contributed by atoms with Crippen molar-refractivity contribution in [3.63, 3.8) is 0 Å². The molecule has 0 fully saturated rings. The SMILES string of the molecule is Cc1nc2ccc(NC(=O)CCCn3c(=O)oc4cc([N+](=O)[O-])ccc43)cc2s1. The quantitative estimate of drug-likeness (QED) is 0.379. The van der Waals surface area contributed by atoms with Crippen molar-refractivity contribution < 1.29 is 14.1 Å². The summed E-state index contributed by atoms with van der Waals surface area (Å²) in [5.74, 6) is -0.769. The molecule has 1 amide bonds. The average molecular weight is 412 g/mol. The number of anilines is 1. The van der Waals surface area contributed by atoms with Gasteiger partial charge in [-0.3, -0.25) is 19.5 Å². The lowest BCUT2D eigenvalue weighted by Crippen LogP contribution is -2.17. The van der Waals surface area contributed by atoms with Crippen molar-refractivity contribution in [1.29, 1.82) is 0 Å². The molecule has 10 heteroatoms. The second-order valence-electron chi connectivity index (χ2n) is 6.50. The fourth-order valence-electron chi connectivity index (χ4n) is 3.12. The Balaban J connectivity index is 1.40. The minimum absolute atomic E-state index is 0.147. The number of hydrogen-bond acceptors (Lipinski definition) is 7. The predicted molar refractivity (Wildman–Crippen MR) is 109 cm³/mol. The summed E-state index contributed by atoms with van der Waals surface area (Å²) in [5, 5.41) is 14.7. The molecule has 4 aromatic rings. The van der Waals surface area contributed by atoms with Crippen LogP contribution < -0.4 is 11.1 Å². The number of aromatic nitrogens is 2. The highest BCUT2D eigenvalue weighted by atomic mass is 32.1. The van der Waals surface area contributed by atoms with Crippen LogP contribution in [0.25, 0.3) is 21.3 Å². The molecule has 0 spiro atoms. The normalized spacial score (nSPS) is 11.2. The van der Waals surface area contributed by atoms with Crippen molar-refractivity contribution in [2.24, 2.45) is 0 Å². The van der Waals surface area contributed by atoms with E-state index in [2.05, 4.69) is 10.3 Å². The second kappa shape index (κ2) is 7.47. The van der Waals surface area contributed by atoms with Crippen LogP contribution in [0.4, 0.5) is 11.4 Å². The lowest BCUT2D eigenvalue weighted by Gasteiger charge is -2.06. The summed E-state index contributed by atoms with van der Waals surface area (Å²) in [6, 6.07) is 9.57. The fourth-order valence-corrected chi connectivity index (χ4v) is 3.99. The van der Waals surface area contributed by atoms with Gasteiger partial charge in [0.1, 0.15) is 0 Å². The minimum Gasteiger partial charge on any atom is -0.407 e. The van der Waals surface area contributed by atoms with E-state index in [0.29, 0.717) is 17.6 Å². The van der Waals surface area contributed by atoms with Crippen molar-refractivity contribution in [1.82, 2.24) is 9.55 Å². The average Bonchev–Trinajstić information content (AvgIpc) is 3.19. The first kappa shape index (κ1) is 18.8. The van der Waals surface area contributed by atoms with Crippen molar-refractivity contribution in [2.75, 3.05) is 5.32 Å². The maximum absolute atomic E-state index is 12.2. The Morgan fingerprint density at radius 2 is 2.14 bits per heavy atom. The van der Waals surface area contributed by atoms with E-state index < -0.39 is 10.7 Å². The van der Waals surface area contributed by atoms with E-state index in [9.17, 15) is 19.7 Å². The highest BCUT2D eigenvalue weighted by Gasteiger charge is 2.14. The van der Waals surface area contributed by atoms with Crippen molar-refractivity contribution in [3.05, 3.63) is 62.1 Å². The summed E-state index contributed by atoms with van der Waals surface area (Å²) in [6.45, 7) is 2.20. The molecule has 0 aliphatic rings. The Hall–Kier alpha value is -3.53. The number of benzene rings is 2. The van der Waals surface area contributed by atoms with Gasteiger partial charge < -0.3 is 9.73 Å². The lowest BCUT2D eigenvalue weighted by molar-refractivity contribution is -0.384. The maximum Gasteiger partial charge on any atom is 0.419 e. The van der Waals surface area contributed by atoms with Crippen LogP contribution in [0.5, 0.6) is 0 Å². The molecule has 0 saturated heterocycles. The number of carbonyl (C=O) groups excluding carboxylic acids is 1. The summed E-state index contributed by atoms with van der Waals surface area (Å²) in [5.41, 5.74) is 2.07. The largest absolute Gasteiger partial charge is 0.419 e. The Labute approximate surface area is 167 Å². The molecule has 0 saturated carbocycles. The third kappa shape index (κ3) is 3.87. The number of non-ortho nitro benzene ring substituents is 1. The van der Waals surface area contributed by atoms with Crippen LogP contribution in [0.15, 0.2) is 45.6 Å². The number of hydrogen-bond donors (Lipinski definition) is 1. The second-order valence-corrected chi connectivity index (χ2v) is 7.73. The molecule has 148 valence electrons. The van der Waals surface area contributed by atoms with E-state index in [1.807, 2.05) is 19.1 Å². The first-order chi connectivity index (χ1) is 13.9.